The van der Waals surface area contributed by atoms with Crippen LogP contribution in [0.25, 0.3) is 10.9 Å². The van der Waals surface area contributed by atoms with E-state index >= 15 is 0 Å². The molecule has 1 radical (unpaired) electrons. The second-order valence-electron chi connectivity index (χ2n) is 3.68. The maximum atomic E-state index is 10.6. The zero-order chi connectivity index (χ0) is 10.8. The Morgan fingerprint density at radius 2 is 2.20 bits per heavy atom. The molecule has 1 aromatic carbocycles. The van der Waals surface area contributed by atoms with Gasteiger partial charge >= 0.3 is 0 Å². The summed E-state index contributed by atoms with van der Waals surface area (Å²) in [7, 11) is 0. The first-order valence-corrected chi connectivity index (χ1v) is 4.86. The molecule has 1 N–H and O–H groups in total. The van der Waals surface area contributed by atoms with Crippen molar-refractivity contribution in [2.75, 3.05) is 0 Å². The van der Waals surface area contributed by atoms with Gasteiger partial charge in [0.2, 0.25) is 6.29 Å². The maximum absolute atomic E-state index is 10.6. The summed E-state index contributed by atoms with van der Waals surface area (Å²) in [5.74, 6) is 0.772. The van der Waals surface area contributed by atoms with Gasteiger partial charge in [-0.15, -0.1) is 0 Å². The zero-order valence-electron chi connectivity index (χ0n) is 8.70. The first kappa shape index (κ1) is 9.77. The summed E-state index contributed by atoms with van der Waals surface area (Å²) in [6.45, 7) is 3.93. The lowest BCUT2D eigenvalue weighted by Crippen LogP contribution is -2.05. The first-order valence-electron chi connectivity index (χ1n) is 4.86. The second-order valence-corrected chi connectivity index (χ2v) is 3.68. The van der Waals surface area contributed by atoms with Crippen LogP contribution in [0.2, 0.25) is 0 Å². The van der Waals surface area contributed by atoms with Crippen molar-refractivity contribution in [2.24, 2.45) is 0 Å². The fourth-order valence-electron chi connectivity index (χ4n) is 1.53. The lowest BCUT2D eigenvalue weighted by molar-refractivity contribution is 0.243. The average Bonchev–Trinajstić information content (AvgIpc) is 2.59. The van der Waals surface area contributed by atoms with Crippen LogP contribution in [0.4, 0.5) is 0 Å². The van der Waals surface area contributed by atoms with Crippen LogP contribution in [0.1, 0.15) is 19.4 Å². The van der Waals surface area contributed by atoms with Crippen molar-refractivity contribution in [3.8, 4) is 5.75 Å². The Bertz CT molecular complexity index is 485. The molecule has 15 heavy (non-hydrogen) atoms. The minimum atomic E-state index is 0.130. The standard InChI is InChI=1S/C12H12NO2/c1-8(2)15-10-3-4-12-11(5-10)9(7-14)6-13-12/h3-6,8,13H,1-2H3. The van der Waals surface area contributed by atoms with Crippen LogP contribution < -0.4 is 4.74 Å². The van der Waals surface area contributed by atoms with Gasteiger partial charge in [-0.25, -0.2) is 0 Å². The molecule has 0 unspecified atom stereocenters. The number of H-pyrrole nitrogens is 1. The van der Waals surface area contributed by atoms with Crippen molar-refractivity contribution in [2.45, 2.75) is 20.0 Å². The Morgan fingerprint density at radius 1 is 1.40 bits per heavy atom. The summed E-state index contributed by atoms with van der Waals surface area (Å²) in [6.07, 6.45) is 3.67. The topological polar surface area (TPSA) is 42.1 Å². The molecule has 3 nitrogen and oxygen atoms in total. The molecule has 1 heterocycles. The van der Waals surface area contributed by atoms with Gasteiger partial charge in [-0.2, -0.15) is 0 Å². The first-order chi connectivity index (χ1) is 7.20. The largest absolute Gasteiger partial charge is 0.491 e. The molecule has 0 saturated carbocycles. The van der Waals surface area contributed by atoms with Crippen LogP contribution in [-0.4, -0.2) is 17.4 Å². The lowest BCUT2D eigenvalue weighted by Gasteiger charge is -2.09. The van der Waals surface area contributed by atoms with Gasteiger partial charge in [-0.05, 0) is 32.0 Å². The summed E-state index contributed by atoms with van der Waals surface area (Å²) >= 11 is 0. The third-order valence-electron chi connectivity index (χ3n) is 2.13. The molecular formula is C12H12NO2. The molecule has 0 atom stereocenters. The van der Waals surface area contributed by atoms with Gasteiger partial charge in [0.05, 0.1) is 11.7 Å². The molecule has 0 aliphatic rings. The predicted molar refractivity (Wildman–Crippen MR) is 58.9 cm³/mol. The Balaban J connectivity index is 2.48. The quantitative estimate of drug-likeness (QED) is 0.830. The number of fused-ring (bicyclic) bond motifs is 1. The van der Waals surface area contributed by atoms with Gasteiger partial charge < -0.3 is 9.72 Å². The van der Waals surface area contributed by atoms with Crippen LogP contribution in [0.5, 0.6) is 5.75 Å². The van der Waals surface area contributed by atoms with E-state index in [0.29, 0.717) is 5.56 Å². The highest BCUT2D eigenvalue weighted by Gasteiger charge is 2.05. The lowest BCUT2D eigenvalue weighted by atomic mass is 10.2. The van der Waals surface area contributed by atoms with Gasteiger partial charge in [-0.3, -0.25) is 4.79 Å². The Labute approximate surface area is 88.1 Å². The third kappa shape index (κ3) is 1.86. The molecule has 1 aromatic heterocycles. The van der Waals surface area contributed by atoms with Crippen LogP contribution in [-0.2, 0) is 4.79 Å². The summed E-state index contributed by atoms with van der Waals surface area (Å²) in [4.78, 5) is 13.6. The van der Waals surface area contributed by atoms with E-state index in [0.717, 1.165) is 16.7 Å². The number of nitrogens with one attached hydrogen (secondary N) is 1. The van der Waals surface area contributed by atoms with Crippen LogP contribution in [0.15, 0.2) is 24.4 Å². The van der Waals surface area contributed by atoms with Crippen molar-refractivity contribution in [3.63, 3.8) is 0 Å². The van der Waals surface area contributed by atoms with E-state index in [1.165, 1.54) is 0 Å². The molecule has 77 valence electrons. The summed E-state index contributed by atoms with van der Waals surface area (Å²) in [5.41, 5.74) is 1.46. The number of aromatic nitrogens is 1. The summed E-state index contributed by atoms with van der Waals surface area (Å²) < 4.78 is 5.55. The van der Waals surface area contributed by atoms with E-state index < -0.39 is 0 Å². The minimum absolute atomic E-state index is 0.130. The van der Waals surface area contributed by atoms with E-state index in [1.807, 2.05) is 38.3 Å². The number of carbonyl (C=O) groups excluding carboxylic acids is 1. The normalized spacial score (nSPS) is 10.9. The molecule has 0 aliphatic heterocycles. The van der Waals surface area contributed by atoms with Crippen molar-refractivity contribution < 1.29 is 9.53 Å². The van der Waals surface area contributed by atoms with E-state index in [-0.39, 0.29) is 6.10 Å². The molecule has 0 fully saturated rings. The molecule has 0 saturated heterocycles. The van der Waals surface area contributed by atoms with Crippen LogP contribution >= 0.6 is 0 Å². The molecule has 3 heteroatoms. The van der Waals surface area contributed by atoms with E-state index in [9.17, 15) is 4.79 Å². The minimum Gasteiger partial charge on any atom is -0.491 e. The predicted octanol–water partition coefficient (Wildman–Crippen LogP) is 2.41. The molecule has 0 bridgehead atoms. The zero-order valence-corrected chi connectivity index (χ0v) is 8.70. The fraction of sp³-hybridized carbons (Fsp3) is 0.250. The second kappa shape index (κ2) is 3.77. The van der Waals surface area contributed by atoms with Crippen molar-refractivity contribution in [1.29, 1.82) is 0 Å². The van der Waals surface area contributed by atoms with E-state index in [2.05, 4.69) is 4.98 Å². The van der Waals surface area contributed by atoms with Crippen molar-refractivity contribution in [3.05, 3.63) is 30.0 Å². The number of hydrogen-bond acceptors (Lipinski definition) is 2. The van der Waals surface area contributed by atoms with Crippen LogP contribution in [0.3, 0.4) is 0 Å². The van der Waals surface area contributed by atoms with E-state index in [1.54, 1.807) is 6.20 Å². The maximum Gasteiger partial charge on any atom is 0.235 e. The molecule has 2 aromatic rings. The molecular weight excluding hydrogens is 190 g/mol. The number of aromatic amines is 1. The van der Waals surface area contributed by atoms with Crippen LogP contribution in [0, 0.1) is 0 Å². The van der Waals surface area contributed by atoms with Gasteiger partial charge in [0, 0.05) is 17.1 Å². The Hall–Kier alpha value is -1.77. The van der Waals surface area contributed by atoms with E-state index in [4.69, 9.17) is 4.74 Å². The number of hydrogen-bond donors (Lipinski definition) is 1. The smallest absolute Gasteiger partial charge is 0.235 e. The molecule has 0 amide bonds. The fourth-order valence-corrected chi connectivity index (χ4v) is 1.53. The van der Waals surface area contributed by atoms with Gasteiger partial charge in [-0.1, -0.05) is 0 Å². The van der Waals surface area contributed by atoms with Crippen molar-refractivity contribution in [1.82, 2.24) is 4.98 Å². The highest BCUT2D eigenvalue weighted by Crippen LogP contribution is 2.23. The SMILES string of the molecule is CC(C)Oc1ccc2[nH]cc([C]=O)c2c1. The highest BCUT2D eigenvalue weighted by molar-refractivity contribution is 5.97. The van der Waals surface area contributed by atoms with Gasteiger partial charge in [0.1, 0.15) is 5.75 Å². The third-order valence-corrected chi connectivity index (χ3v) is 2.13. The molecule has 2 rings (SSSR count). The highest BCUT2D eigenvalue weighted by atomic mass is 16.5. The monoisotopic (exact) mass is 202 g/mol. The van der Waals surface area contributed by atoms with Crippen molar-refractivity contribution >= 4 is 17.2 Å². The summed E-state index contributed by atoms with van der Waals surface area (Å²) in [5, 5.41) is 0.850. The Morgan fingerprint density at radius 3 is 2.87 bits per heavy atom. The van der Waals surface area contributed by atoms with Gasteiger partial charge in [0.25, 0.3) is 0 Å². The molecule has 0 spiro atoms. The molecule has 0 aliphatic carbocycles. The number of benzene rings is 1. The Kier molecular flexibility index (Phi) is 2.46. The average molecular weight is 202 g/mol. The number of ether oxygens (including phenoxy) is 1. The summed E-state index contributed by atoms with van der Waals surface area (Å²) in [6, 6.07) is 5.63. The van der Waals surface area contributed by atoms with Gasteiger partial charge in [0.15, 0.2) is 0 Å². The number of rotatable bonds is 3.